The Labute approximate surface area is 172 Å². The van der Waals surface area contributed by atoms with E-state index < -0.39 is 0 Å². The summed E-state index contributed by atoms with van der Waals surface area (Å²) in [5, 5.41) is 2.63. The summed E-state index contributed by atoms with van der Waals surface area (Å²) in [4.78, 5) is 22.0. The lowest BCUT2D eigenvalue weighted by Gasteiger charge is -2.07. The lowest BCUT2D eigenvalue weighted by molar-refractivity contribution is -0.120. The Morgan fingerprint density at radius 1 is 0.931 bits per heavy atom. The lowest BCUT2D eigenvalue weighted by atomic mass is 10.1. The molecule has 1 aromatic carbocycles. The van der Waals surface area contributed by atoms with E-state index in [9.17, 15) is 9.59 Å². The first-order valence-electron chi connectivity index (χ1n) is 9.59. The molecule has 0 radical (unpaired) electrons. The minimum absolute atomic E-state index is 0.00167. The van der Waals surface area contributed by atoms with Crippen molar-refractivity contribution in [3.8, 4) is 5.69 Å². The van der Waals surface area contributed by atoms with Gasteiger partial charge >= 0.3 is 0 Å². The average Bonchev–Trinajstić information content (AvgIpc) is 2.74. The molecule has 2 aromatic rings. The largest absolute Gasteiger partial charge is 0.333 e. The number of hydrogen-bond donors (Lipinski definition) is 1. The molecule has 1 aromatic heterocycles. The SMILES string of the molecule is CC1=CC=CC=[C+]1.CC1=CNC(=O)CC1.Cc1ccc(=O)n(-c2ccccc2)c1. The second-order valence-electron chi connectivity index (χ2n) is 6.85. The van der Waals surface area contributed by atoms with Crippen LogP contribution in [0.1, 0.15) is 32.3 Å². The third kappa shape index (κ3) is 7.96. The fraction of sp³-hybridized carbons (Fsp3) is 0.200. The molecule has 4 rings (SSSR count). The molecule has 1 aliphatic heterocycles. The minimum atomic E-state index is 0.00167. The van der Waals surface area contributed by atoms with Gasteiger partial charge in [0.2, 0.25) is 5.91 Å². The molecule has 0 unspecified atom stereocenters. The van der Waals surface area contributed by atoms with Gasteiger partial charge < -0.3 is 5.32 Å². The van der Waals surface area contributed by atoms with Gasteiger partial charge in [-0.05, 0) is 44.9 Å². The molecular weight excluding hydrogens is 360 g/mol. The molecule has 0 bridgehead atoms. The predicted octanol–water partition coefficient (Wildman–Crippen LogP) is 4.81. The lowest BCUT2D eigenvalue weighted by Crippen LogP contribution is -2.20. The first kappa shape index (κ1) is 21.8. The number of benzene rings is 1. The smallest absolute Gasteiger partial charge is 0.255 e. The molecule has 4 heteroatoms. The van der Waals surface area contributed by atoms with Crippen molar-refractivity contribution in [1.82, 2.24) is 9.88 Å². The number of carbonyl (C=O) groups is 1. The first-order chi connectivity index (χ1) is 14.0. The third-order valence-corrected chi connectivity index (χ3v) is 4.18. The van der Waals surface area contributed by atoms with E-state index in [4.69, 9.17) is 0 Å². The topological polar surface area (TPSA) is 51.1 Å². The number of nitrogens with zero attached hydrogens (tertiary/aromatic N) is 1. The number of para-hydroxylation sites is 1. The molecule has 0 fully saturated rings. The fourth-order valence-electron chi connectivity index (χ4n) is 2.53. The van der Waals surface area contributed by atoms with Gasteiger partial charge in [0.15, 0.2) is 0 Å². The van der Waals surface area contributed by atoms with E-state index in [-0.39, 0.29) is 11.5 Å². The van der Waals surface area contributed by atoms with Crippen molar-refractivity contribution >= 4 is 5.91 Å². The highest BCUT2D eigenvalue weighted by Crippen LogP contribution is 2.06. The van der Waals surface area contributed by atoms with Gasteiger partial charge in [0, 0.05) is 48.8 Å². The zero-order valence-corrected chi connectivity index (χ0v) is 17.2. The number of aromatic nitrogens is 1. The van der Waals surface area contributed by atoms with Crippen LogP contribution in [0.2, 0.25) is 0 Å². The van der Waals surface area contributed by atoms with Crippen molar-refractivity contribution in [1.29, 1.82) is 0 Å². The van der Waals surface area contributed by atoms with Gasteiger partial charge in [-0.1, -0.05) is 29.8 Å². The highest BCUT2D eigenvalue weighted by atomic mass is 16.1. The fourth-order valence-corrected chi connectivity index (χ4v) is 2.53. The van der Waals surface area contributed by atoms with Crippen molar-refractivity contribution in [3.63, 3.8) is 0 Å². The summed E-state index contributed by atoms with van der Waals surface area (Å²) in [5.41, 5.74) is 4.43. The van der Waals surface area contributed by atoms with Crippen molar-refractivity contribution < 1.29 is 4.79 Å². The maximum atomic E-state index is 11.5. The summed E-state index contributed by atoms with van der Waals surface area (Å²) in [7, 11) is 0. The van der Waals surface area contributed by atoms with Gasteiger partial charge in [-0.25, -0.2) is 0 Å². The molecule has 1 aliphatic carbocycles. The van der Waals surface area contributed by atoms with Gasteiger partial charge in [0.25, 0.3) is 5.56 Å². The van der Waals surface area contributed by atoms with E-state index in [2.05, 4.69) is 11.4 Å². The number of nitrogens with one attached hydrogen (secondary N) is 1. The van der Waals surface area contributed by atoms with Crippen LogP contribution in [-0.2, 0) is 4.79 Å². The van der Waals surface area contributed by atoms with Crippen molar-refractivity contribution in [3.05, 3.63) is 112 Å². The summed E-state index contributed by atoms with van der Waals surface area (Å²) in [6, 6.07) is 13.0. The highest BCUT2D eigenvalue weighted by molar-refractivity contribution is 5.78. The molecule has 4 nitrogen and oxygen atoms in total. The van der Waals surface area contributed by atoms with Crippen molar-refractivity contribution in [2.75, 3.05) is 0 Å². The molecule has 0 atom stereocenters. The highest BCUT2D eigenvalue weighted by Gasteiger charge is 2.04. The average molecular weight is 388 g/mol. The maximum absolute atomic E-state index is 11.5. The number of amides is 1. The van der Waals surface area contributed by atoms with Crippen LogP contribution in [0.5, 0.6) is 0 Å². The Hall–Kier alpha value is -3.49. The summed E-state index contributed by atoms with van der Waals surface area (Å²) < 4.78 is 1.65. The number of carbonyl (C=O) groups excluding carboxylic acids is 1. The van der Waals surface area contributed by atoms with Crippen LogP contribution in [0.15, 0.2) is 95.1 Å². The van der Waals surface area contributed by atoms with E-state index >= 15 is 0 Å². The summed E-state index contributed by atoms with van der Waals surface area (Å²) in [6.07, 6.45) is 16.1. The van der Waals surface area contributed by atoms with Crippen LogP contribution in [0.25, 0.3) is 5.69 Å². The standard InChI is InChI=1S/C12H11NO.C7H7.C6H9NO/c1-10-7-8-12(14)13(9-10)11-5-3-2-4-6-11;1-7-5-3-2-4-6-7;1-5-2-3-6(8)7-4-5/h2-9H,1H3;2-5H,1H3;4H,2-3H2,1H3,(H,7,8)/q;+1;. The minimum Gasteiger partial charge on any atom is -0.333 e. The Kier molecular flexibility index (Phi) is 8.55. The summed E-state index contributed by atoms with van der Waals surface area (Å²) >= 11 is 0. The molecule has 148 valence electrons. The van der Waals surface area contributed by atoms with Gasteiger partial charge in [-0.2, -0.15) is 0 Å². The van der Waals surface area contributed by atoms with E-state index in [1.165, 1.54) is 11.1 Å². The van der Waals surface area contributed by atoms with Crippen molar-refractivity contribution in [2.24, 2.45) is 0 Å². The number of pyridine rings is 1. The van der Waals surface area contributed by atoms with Gasteiger partial charge in [0.1, 0.15) is 11.6 Å². The Bertz CT molecular complexity index is 993. The second-order valence-corrected chi connectivity index (χ2v) is 6.85. The maximum Gasteiger partial charge on any atom is 0.255 e. The molecule has 0 saturated carbocycles. The van der Waals surface area contributed by atoms with Crippen LogP contribution < -0.4 is 10.9 Å². The van der Waals surface area contributed by atoms with Crippen LogP contribution >= 0.6 is 0 Å². The van der Waals surface area contributed by atoms with Gasteiger partial charge in [-0.3, -0.25) is 14.2 Å². The second kappa shape index (κ2) is 11.4. The normalized spacial score (nSPS) is 14.1. The molecule has 1 amide bonds. The van der Waals surface area contributed by atoms with Crippen LogP contribution in [-0.4, -0.2) is 10.5 Å². The molecule has 2 heterocycles. The van der Waals surface area contributed by atoms with Gasteiger partial charge in [0.05, 0.1) is 6.08 Å². The Balaban J connectivity index is 0.000000170. The zero-order valence-electron chi connectivity index (χ0n) is 17.2. The number of allylic oxidation sites excluding steroid dienone is 7. The molecule has 1 N–H and O–H groups in total. The first-order valence-corrected chi connectivity index (χ1v) is 9.59. The van der Waals surface area contributed by atoms with Crippen LogP contribution in [0.3, 0.4) is 0 Å². The monoisotopic (exact) mass is 387 g/mol. The Morgan fingerprint density at radius 3 is 2.21 bits per heavy atom. The van der Waals surface area contributed by atoms with Crippen LogP contribution in [0.4, 0.5) is 0 Å². The van der Waals surface area contributed by atoms with Crippen molar-refractivity contribution in [2.45, 2.75) is 33.6 Å². The molecular formula is C25H27N2O2+. The molecule has 0 spiro atoms. The molecule has 0 saturated heterocycles. The Morgan fingerprint density at radius 2 is 1.69 bits per heavy atom. The summed E-state index contributed by atoms with van der Waals surface area (Å²) in [6.45, 7) is 6.01. The molecule has 2 aliphatic rings. The van der Waals surface area contributed by atoms with E-state index in [0.717, 1.165) is 17.7 Å². The molecule has 29 heavy (non-hydrogen) atoms. The number of hydrogen-bond acceptors (Lipinski definition) is 2. The van der Waals surface area contributed by atoms with E-state index in [1.54, 1.807) is 16.8 Å². The van der Waals surface area contributed by atoms with Gasteiger partial charge in [-0.15, -0.1) is 0 Å². The van der Waals surface area contributed by atoms with E-state index in [1.807, 2.05) is 87.7 Å². The zero-order chi connectivity index (χ0) is 21.1. The quantitative estimate of drug-likeness (QED) is 0.714. The number of rotatable bonds is 1. The van der Waals surface area contributed by atoms with E-state index in [0.29, 0.717) is 6.42 Å². The number of aryl methyl sites for hydroxylation is 1. The summed E-state index contributed by atoms with van der Waals surface area (Å²) in [5.74, 6) is 0.135. The predicted molar refractivity (Wildman–Crippen MR) is 119 cm³/mol. The van der Waals surface area contributed by atoms with Crippen LogP contribution in [0, 0.1) is 13.0 Å². The third-order valence-electron chi connectivity index (χ3n) is 4.18.